The van der Waals surface area contributed by atoms with Crippen molar-refractivity contribution < 1.29 is 9.50 Å². The van der Waals surface area contributed by atoms with Crippen LogP contribution in [0.2, 0.25) is 0 Å². The molecule has 0 amide bonds. The molecular weight excluding hydrogens is 425 g/mol. The van der Waals surface area contributed by atoms with E-state index in [1.54, 1.807) is 13.8 Å². The second kappa shape index (κ2) is 11.0. The molecule has 1 atom stereocenters. The van der Waals surface area contributed by atoms with Gasteiger partial charge < -0.3 is 14.9 Å². The molecule has 1 aromatic carbocycles. The Morgan fingerprint density at radius 2 is 1.76 bits per heavy atom. The van der Waals surface area contributed by atoms with Crippen molar-refractivity contribution in [3.05, 3.63) is 60.4 Å². The first-order chi connectivity index (χ1) is 16.3. The Hall–Kier alpha value is -2.24. The number of benzene rings is 1. The fourth-order valence-electron chi connectivity index (χ4n) is 5.30. The van der Waals surface area contributed by atoms with E-state index in [9.17, 15) is 9.50 Å². The van der Waals surface area contributed by atoms with Crippen LogP contribution in [0.3, 0.4) is 0 Å². The molecule has 0 radical (unpaired) electrons. The van der Waals surface area contributed by atoms with Gasteiger partial charge in [-0.1, -0.05) is 36.9 Å². The number of aliphatic hydroxyl groups excluding tert-OH is 1. The molecule has 3 heterocycles. The van der Waals surface area contributed by atoms with E-state index in [-0.39, 0.29) is 6.10 Å². The number of alkyl halides is 1. The Bertz CT molecular complexity index is 927. The third-order valence-electron chi connectivity index (χ3n) is 7.27. The van der Waals surface area contributed by atoms with E-state index < -0.39 is 5.67 Å². The molecule has 0 aliphatic carbocycles. The lowest BCUT2D eigenvalue weighted by Crippen LogP contribution is -2.41. The van der Waals surface area contributed by atoms with Crippen LogP contribution in [-0.4, -0.2) is 64.4 Å². The second-order valence-electron chi connectivity index (χ2n) is 10.8. The molecule has 34 heavy (non-hydrogen) atoms. The van der Waals surface area contributed by atoms with E-state index in [4.69, 9.17) is 4.98 Å². The van der Waals surface area contributed by atoms with Crippen LogP contribution in [0.25, 0.3) is 16.8 Å². The van der Waals surface area contributed by atoms with E-state index in [1.165, 1.54) is 0 Å². The third kappa shape index (κ3) is 6.89. The summed E-state index contributed by atoms with van der Waals surface area (Å²) in [6.07, 6.45) is 8.07. The molecule has 184 valence electrons. The predicted octanol–water partition coefficient (Wildman–Crippen LogP) is 5.57. The summed E-state index contributed by atoms with van der Waals surface area (Å²) in [7, 11) is 0. The highest BCUT2D eigenvalue weighted by molar-refractivity contribution is 5.68. The van der Waals surface area contributed by atoms with Crippen LogP contribution in [0.5, 0.6) is 0 Å². The van der Waals surface area contributed by atoms with Gasteiger partial charge in [0.15, 0.2) is 0 Å². The molecule has 2 fully saturated rings. The highest BCUT2D eigenvalue weighted by atomic mass is 19.1. The largest absolute Gasteiger partial charge is 0.391 e. The molecule has 0 spiro atoms. The lowest BCUT2D eigenvalue weighted by atomic mass is 9.91. The van der Waals surface area contributed by atoms with Crippen molar-refractivity contribution in [2.75, 3.05) is 32.7 Å². The molecular formula is C29H40FN3O. The number of aromatic nitrogens is 1. The van der Waals surface area contributed by atoms with Gasteiger partial charge in [0.25, 0.3) is 0 Å². The number of piperidine rings is 2. The number of aliphatic hydroxyl groups is 1. The Labute approximate surface area is 204 Å². The van der Waals surface area contributed by atoms with Crippen LogP contribution in [0, 0.1) is 5.92 Å². The number of likely N-dealkylation sites (tertiary alicyclic amines) is 2. The molecule has 2 aliphatic rings. The zero-order valence-electron chi connectivity index (χ0n) is 20.8. The zero-order chi connectivity index (χ0) is 24.1. The topological polar surface area (TPSA) is 39.6 Å². The number of halogens is 1. The smallest absolute Gasteiger partial charge is 0.118 e. The molecule has 0 saturated carbocycles. The summed E-state index contributed by atoms with van der Waals surface area (Å²) in [6, 6.07) is 12.8. The summed E-state index contributed by atoms with van der Waals surface area (Å²) in [5.41, 5.74) is 4.39. The SMILES string of the molecule is C=C(c1ccc(-c2ccc(CCC3CCN(CC(C)(C)F)CC3)nc2)cc1)N1CCCC(O)C1. The van der Waals surface area contributed by atoms with Crippen molar-refractivity contribution in [2.24, 2.45) is 5.92 Å². The van der Waals surface area contributed by atoms with Gasteiger partial charge in [0.2, 0.25) is 0 Å². The standard InChI is InChI=1S/C29H40FN3O/c1-22(33-16-4-5-28(34)20-33)24-7-9-25(10-8-24)26-11-13-27(31-19-26)12-6-23-14-17-32(18-15-23)21-29(2,3)30/h7-11,13,19,23,28,34H,1,4-6,12,14-18,20-21H2,2-3H3. The lowest BCUT2D eigenvalue weighted by molar-refractivity contribution is 0.0942. The molecule has 4 nitrogen and oxygen atoms in total. The maximum atomic E-state index is 13.9. The van der Waals surface area contributed by atoms with Crippen molar-refractivity contribution in [2.45, 2.75) is 64.1 Å². The van der Waals surface area contributed by atoms with Crippen molar-refractivity contribution >= 4 is 5.70 Å². The minimum Gasteiger partial charge on any atom is -0.391 e. The average Bonchev–Trinajstić information content (AvgIpc) is 2.83. The Morgan fingerprint density at radius 3 is 2.38 bits per heavy atom. The molecule has 2 aromatic rings. The van der Waals surface area contributed by atoms with E-state index in [1.807, 2.05) is 6.20 Å². The highest BCUT2D eigenvalue weighted by Gasteiger charge is 2.25. The summed E-state index contributed by atoms with van der Waals surface area (Å²) in [6.45, 7) is 11.8. The summed E-state index contributed by atoms with van der Waals surface area (Å²) in [5, 5.41) is 9.95. The zero-order valence-corrected chi connectivity index (χ0v) is 20.8. The fourth-order valence-corrected chi connectivity index (χ4v) is 5.30. The minimum atomic E-state index is -1.11. The van der Waals surface area contributed by atoms with Crippen LogP contribution in [-0.2, 0) is 6.42 Å². The number of β-amino-alcohol motifs (C(OH)–C–C–N with tert-alkyl or cyclic N) is 1. The number of hydrogen-bond acceptors (Lipinski definition) is 4. The van der Waals surface area contributed by atoms with Crippen molar-refractivity contribution in [1.29, 1.82) is 0 Å². The van der Waals surface area contributed by atoms with Gasteiger partial charge >= 0.3 is 0 Å². The minimum absolute atomic E-state index is 0.254. The number of aryl methyl sites for hydroxylation is 1. The van der Waals surface area contributed by atoms with Gasteiger partial charge in [0, 0.05) is 42.8 Å². The van der Waals surface area contributed by atoms with Crippen LogP contribution in [0.4, 0.5) is 4.39 Å². The highest BCUT2D eigenvalue weighted by Crippen LogP contribution is 2.27. The summed E-state index contributed by atoms with van der Waals surface area (Å²) in [4.78, 5) is 9.18. The van der Waals surface area contributed by atoms with E-state index in [2.05, 4.69) is 52.8 Å². The third-order valence-corrected chi connectivity index (χ3v) is 7.27. The molecule has 1 aromatic heterocycles. The van der Waals surface area contributed by atoms with Crippen LogP contribution >= 0.6 is 0 Å². The lowest BCUT2D eigenvalue weighted by Gasteiger charge is -2.34. The first-order valence-corrected chi connectivity index (χ1v) is 12.9. The quantitative estimate of drug-likeness (QED) is 0.553. The van der Waals surface area contributed by atoms with E-state index in [0.29, 0.717) is 19.0 Å². The van der Waals surface area contributed by atoms with Crippen LogP contribution < -0.4 is 0 Å². The van der Waals surface area contributed by atoms with Gasteiger partial charge in [0.05, 0.1) is 6.10 Å². The van der Waals surface area contributed by atoms with Crippen LogP contribution in [0.15, 0.2) is 49.2 Å². The number of hydrogen-bond donors (Lipinski definition) is 1. The molecule has 4 rings (SSSR count). The molecule has 2 aliphatic heterocycles. The summed E-state index contributed by atoms with van der Waals surface area (Å²) >= 11 is 0. The van der Waals surface area contributed by atoms with Gasteiger partial charge in [-0.2, -0.15) is 0 Å². The van der Waals surface area contributed by atoms with Gasteiger partial charge in [-0.3, -0.25) is 4.98 Å². The van der Waals surface area contributed by atoms with Crippen molar-refractivity contribution in [3.8, 4) is 11.1 Å². The Balaban J connectivity index is 1.26. The first kappa shape index (κ1) is 24.9. The molecule has 1 unspecified atom stereocenters. The summed E-state index contributed by atoms with van der Waals surface area (Å²) < 4.78 is 13.9. The Kier molecular flexibility index (Phi) is 8.05. The maximum absolute atomic E-state index is 13.9. The van der Waals surface area contributed by atoms with Gasteiger partial charge in [-0.05, 0) is 88.6 Å². The first-order valence-electron chi connectivity index (χ1n) is 12.9. The van der Waals surface area contributed by atoms with E-state index >= 15 is 0 Å². The predicted molar refractivity (Wildman–Crippen MR) is 138 cm³/mol. The summed E-state index contributed by atoms with van der Waals surface area (Å²) in [5.74, 6) is 0.710. The second-order valence-corrected chi connectivity index (χ2v) is 10.8. The molecule has 1 N–H and O–H groups in total. The van der Waals surface area contributed by atoms with Crippen molar-refractivity contribution in [3.63, 3.8) is 0 Å². The normalized spacial score (nSPS) is 20.5. The monoisotopic (exact) mass is 465 g/mol. The van der Waals surface area contributed by atoms with Crippen LogP contribution in [0.1, 0.15) is 57.2 Å². The molecule has 0 bridgehead atoms. The van der Waals surface area contributed by atoms with E-state index in [0.717, 1.165) is 86.2 Å². The maximum Gasteiger partial charge on any atom is 0.118 e. The molecule has 5 heteroatoms. The Morgan fingerprint density at radius 1 is 1.06 bits per heavy atom. The average molecular weight is 466 g/mol. The van der Waals surface area contributed by atoms with Crippen molar-refractivity contribution in [1.82, 2.24) is 14.8 Å². The fraction of sp³-hybridized carbons (Fsp3) is 0.552. The molecule has 2 saturated heterocycles. The van der Waals surface area contributed by atoms with Gasteiger partial charge in [-0.15, -0.1) is 0 Å². The number of pyridine rings is 1. The number of rotatable bonds is 8. The van der Waals surface area contributed by atoms with Gasteiger partial charge in [-0.25, -0.2) is 4.39 Å². The van der Waals surface area contributed by atoms with Gasteiger partial charge in [0.1, 0.15) is 5.67 Å². The number of nitrogens with zero attached hydrogens (tertiary/aromatic N) is 3.